The van der Waals surface area contributed by atoms with E-state index in [1.807, 2.05) is 7.05 Å². The fraction of sp³-hybridized carbons (Fsp3) is 1.00. The Bertz CT molecular complexity index is 144. The van der Waals surface area contributed by atoms with Crippen molar-refractivity contribution in [1.29, 1.82) is 0 Å². The molecule has 0 radical (unpaired) electrons. The number of aliphatic hydroxyl groups is 1. The van der Waals surface area contributed by atoms with Gasteiger partial charge in [-0.3, -0.25) is 0 Å². The van der Waals surface area contributed by atoms with Gasteiger partial charge in [-0.25, -0.2) is 0 Å². The molecule has 2 nitrogen and oxygen atoms in total. The monoisotopic (exact) mass is 157 g/mol. The topological polar surface area (TPSA) is 32.3 Å². The molecule has 0 bridgehead atoms. The molecule has 1 saturated carbocycles. The van der Waals surface area contributed by atoms with E-state index < -0.39 is 5.60 Å². The minimum Gasteiger partial charge on any atom is -0.389 e. The van der Waals surface area contributed by atoms with Gasteiger partial charge in [-0.15, -0.1) is 0 Å². The predicted molar refractivity (Wildman–Crippen MR) is 46.5 cm³/mol. The quantitative estimate of drug-likeness (QED) is 0.630. The summed E-state index contributed by atoms with van der Waals surface area (Å²) in [6, 6.07) is 0. The van der Waals surface area contributed by atoms with E-state index in [-0.39, 0.29) is 0 Å². The van der Waals surface area contributed by atoms with Gasteiger partial charge in [0.05, 0.1) is 5.60 Å². The van der Waals surface area contributed by atoms with Crippen LogP contribution in [-0.4, -0.2) is 24.3 Å². The lowest BCUT2D eigenvalue weighted by Crippen LogP contribution is -2.37. The van der Waals surface area contributed by atoms with E-state index in [1.54, 1.807) is 0 Å². The summed E-state index contributed by atoms with van der Waals surface area (Å²) >= 11 is 0. The molecule has 1 aliphatic carbocycles. The van der Waals surface area contributed by atoms with Gasteiger partial charge in [0.2, 0.25) is 0 Å². The van der Waals surface area contributed by atoms with E-state index in [9.17, 15) is 5.11 Å². The first-order valence-electron chi connectivity index (χ1n) is 4.34. The normalized spacial score (nSPS) is 36.0. The van der Waals surface area contributed by atoms with Gasteiger partial charge < -0.3 is 10.4 Å². The molecule has 1 fully saturated rings. The van der Waals surface area contributed by atoms with Crippen LogP contribution in [0.25, 0.3) is 0 Å². The summed E-state index contributed by atoms with van der Waals surface area (Å²) in [5.74, 6) is 0. The van der Waals surface area contributed by atoms with Gasteiger partial charge in [-0.2, -0.15) is 0 Å². The third kappa shape index (κ3) is 2.17. The molecule has 2 N–H and O–H groups in total. The Morgan fingerprint density at radius 3 is 2.36 bits per heavy atom. The van der Waals surface area contributed by atoms with Gasteiger partial charge in [0, 0.05) is 6.54 Å². The van der Waals surface area contributed by atoms with Crippen molar-refractivity contribution in [3.63, 3.8) is 0 Å². The van der Waals surface area contributed by atoms with Crippen LogP contribution < -0.4 is 5.32 Å². The van der Waals surface area contributed by atoms with Crippen LogP contribution in [0, 0.1) is 5.41 Å². The van der Waals surface area contributed by atoms with E-state index in [0.717, 1.165) is 25.8 Å². The van der Waals surface area contributed by atoms with Gasteiger partial charge in [-0.05, 0) is 31.7 Å². The summed E-state index contributed by atoms with van der Waals surface area (Å²) in [5, 5.41) is 13.0. The van der Waals surface area contributed by atoms with E-state index in [4.69, 9.17) is 0 Å². The van der Waals surface area contributed by atoms with Crippen molar-refractivity contribution in [1.82, 2.24) is 5.32 Å². The average Bonchev–Trinajstić information content (AvgIpc) is 2.07. The second-order valence-electron chi connectivity index (χ2n) is 4.60. The standard InChI is InChI=1S/C9H19NO/c1-8(2)4-5-9(11,6-8)7-10-3/h10-11H,4-7H2,1-3H3. The van der Waals surface area contributed by atoms with Gasteiger partial charge in [0.25, 0.3) is 0 Å². The van der Waals surface area contributed by atoms with Gasteiger partial charge in [0.1, 0.15) is 0 Å². The number of hydrogen-bond acceptors (Lipinski definition) is 2. The SMILES string of the molecule is CNCC1(O)CCC(C)(C)C1. The molecule has 0 saturated heterocycles. The third-order valence-corrected chi connectivity index (χ3v) is 2.58. The Morgan fingerprint density at radius 2 is 2.00 bits per heavy atom. The van der Waals surface area contributed by atoms with E-state index in [1.165, 1.54) is 0 Å². The lowest BCUT2D eigenvalue weighted by Gasteiger charge is -2.24. The lowest BCUT2D eigenvalue weighted by molar-refractivity contribution is 0.0396. The van der Waals surface area contributed by atoms with Gasteiger partial charge >= 0.3 is 0 Å². The second kappa shape index (κ2) is 2.76. The summed E-state index contributed by atoms with van der Waals surface area (Å²) in [6.07, 6.45) is 3.02. The van der Waals surface area contributed by atoms with Crippen molar-refractivity contribution >= 4 is 0 Å². The molecule has 0 aromatic heterocycles. The van der Waals surface area contributed by atoms with Crippen molar-refractivity contribution in [3.8, 4) is 0 Å². The van der Waals surface area contributed by atoms with Gasteiger partial charge in [0.15, 0.2) is 0 Å². The van der Waals surface area contributed by atoms with E-state index in [2.05, 4.69) is 19.2 Å². The Kier molecular flexibility index (Phi) is 2.26. The van der Waals surface area contributed by atoms with Crippen LogP contribution in [0.15, 0.2) is 0 Å². The zero-order valence-corrected chi connectivity index (χ0v) is 7.78. The molecule has 0 aromatic carbocycles. The second-order valence-corrected chi connectivity index (χ2v) is 4.60. The number of hydrogen-bond donors (Lipinski definition) is 2. The molecule has 0 aliphatic heterocycles. The summed E-state index contributed by atoms with van der Waals surface area (Å²) in [6.45, 7) is 5.18. The number of rotatable bonds is 2. The van der Waals surface area contributed by atoms with Crippen LogP contribution in [0.2, 0.25) is 0 Å². The molecule has 1 atom stereocenters. The maximum absolute atomic E-state index is 9.96. The minimum atomic E-state index is -0.432. The maximum Gasteiger partial charge on any atom is 0.0776 e. The molecule has 0 amide bonds. The van der Waals surface area contributed by atoms with E-state index >= 15 is 0 Å². The van der Waals surface area contributed by atoms with Crippen LogP contribution >= 0.6 is 0 Å². The summed E-state index contributed by atoms with van der Waals surface area (Å²) in [7, 11) is 1.89. The summed E-state index contributed by atoms with van der Waals surface area (Å²) in [5.41, 5.74) is -0.0934. The number of likely N-dealkylation sites (N-methyl/N-ethyl adjacent to an activating group) is 1. The lowest BCUT2D eigenvalue weighted by atomic mass is 9.89. The molecular weight excluding hydrogens is 138 g/mol. The fourth-order valence-corrected chi connectivity index (χ4v) is 2.12. The Hall–Kier alpha value is -0.0800. The fourth-order valence-electron chi connectivity index (χ4n) is 2.12. The molecule has 0 heterocycles. The molecule has 0 aromatic rings. The molecule has 0 spiro atoms. The van der Waals surface area contributed by atoms with Crippen LogP contribution in [0.5, 0.6) is 0 Å². The maximum atomic E-state index is 9.96. The first-order valence-corrected chi connectivity index (χ1v) is 4.34. The minimum absolute atomic E-state index is 0.339. The number of nitrogens with one attached hydrogen (secondary N) is 1. The Morgan fingerprint density at radius 1 is 1.36 bits per heavy atom. The highest BCUT2D eigenvalue weighted by atomic mass is 16.3. The first-order chi connectivity index (χ1) is 4.97. The van der Waals surface area contributed by atoms with Crippen LogP contribution in [0.1, 0.15) is 33.1 Å². The molecule has 1 unspecified atom stereocenters. The van der Waals surface area contributed by atoms with Crippen molar-refractivity contribution in [2.45, 2.75) is 38.7 Å². The van der Waals surface area contributed by atoms with Gasteiger partial charge in [-0.1, -0.05) is 13.8 Å². The van der Waals surface area contributed by atoms with Crippen LogP contribution in [0.3, 0.4) is 0 Å². The van der Waals surface area contributed by atoms with Crippen molar-refractivity contribution in [2.75, 3.05) is 13.6 Å². The summed E-state index contributed by atoms with van der Waals surface area (Å²) < 4.78 is 0. The highest BCUT2D eigenvalue weighted by Gasteiger charge is 2.40. The smallest absolute Gasteiger partial charge is 0.0776 e. The van der Waals surface area contributed by atoms with E-state index in [0.29, 0.717) is 5.41 Å². The van der Waals surface area contributed by atoms with Crippen molar-refractivity contribution in [2.24, 2.45) is 5.41 Å². The molecule has 11 heavy (non-hydrogen) atoms. The van der Waals surface area contributed by atoms with Crippen molar-refractivity contribution in [3.05, 3.63) is 0 Å². The predicted octanol–water partition coefficient (Wildman–Crippen LogP) is 1.15. The highest BCUT2D eigenvalue weighted by molar-refractivity contribution is 4.94. The largest absolute Gasteiger partial charge is 0.389 e. The summed E-state index contributed by atoms with van der Waals surface area (Å²) in [4.78, 5) is 0. The van der Waals surface area contributed by atoms with Crippen LogP contribution in [0.4, 0.5) is 0 Å². The van der Waals surface area contributed by atoms with Crippen LogP contribution in [-0.2, 0) is 0 Å². The highest BCUT2D eigenvalue weighted by Crippen LogP contribution is 2.42. The third-order valence-electron chi connectivity index (χ3n) is 2.58. The van der Waals surface area contributed by atoms with Crippen molar-refractivity contribution < 1.29 is 5.11 Å². The zero-order valence-electron chi connectivity index (χ0n) is 7.78. The Labute approximate surface area is 69.0 Å². The average molecular weight is 157 g/mol. The first kappa shape index (κ1) is 9.01. The molecule has 1 aliphatic rings. The molecule has 2 heteroatoms. The Balaban J connectivity index is 2.51. The zero-order chi connectivity index (χ0) is 8.54. The molecule has 1 rings (SSSR count). The molecular formula is C9H19NO. The molecule has 66 valence electrons.